The molecule has 0 heterocycles. The molecular formula is C14H20N2O4. The molecule has 1 aromatic carbocycles. The fourth-order valence-corrected chi connectivity index (χ4v) is 1.53. The first-order valence-corrected chi connectivity index (χ1v) is 6.25. The van der Waals surface area contributed by atoms with Gasteiger partial charge in [0.1, 0.15) is 0 Å². The molecule has 6 nitrogen and oxygen atoms in total. The molecule has 0 aliphatic rings. The molecule has 20 heavy (non-hydrogen) atoms. The number of allylic oxidation sites excluding steroid dienone is 1. The van der Waals surface area contributed by atoms with E-state index in [0.717, 1.165) is 18.4 Å². The van der Waals surface area contributed by atoms with Crippen LogP contribution in [0.3, 0.4) is 0 Å². The van der Waals surface area contributed by atoms with E-state index in [0.29, 0.717) is 11.3 Å². The molecule has 0 bridgehead atoms. The monoisotopic (exact) mass is 280 g/mol. The van der Waals surface area contributed by atoms with Crippen molar-refractivity contribution in [3.63, 3.8) is 0 Å². The average Bonchev–Trinajstić information content (AvgIpc) is 2.41. The van der Waals surface area contributed by atoms with Crippen LogP contribution in [0.2, 0.25) is 0 Å². The fraction of sp³-hybridized carbons (Fsp3) is 0.357. The van der Waals surface area contributed by atoms with E-state index >= 15 is 0 Å². The number of non-ortho nitro benzene ring substituents is 1. The van der Waals surface area contributed by atoms with Crippen LogP contribution in [0.5, 0.6) is 0 Å². The lowest BCUT2D eigenvalue weighted by Crippen LogP contribution is -2.00. The van der Waals surface area contributed by atoms with E-state index in [2.05, 4.69) is 0 Å². The van der Waals surface area contributed by atoms with Gasteiger partial charge in [-0.2, -0.15) is 0 Å². The normalized spacial score (nSPS) is 9.15. The third kappa shape index (κ3) is 5.99. The minimum Gasteiger partial charge on any atom is -0.478 e. The standard InChI is InChI=1S/C8H14O2.C6H6N2O2/c1-4-7(5-2)6(3)8(9)10;7-5-1-3-6(4-2-5)8(9)10/h4-5H2,1-3H3,(H,9,10);1-4H,7H2. The Kier molecular flexibility index (Phi) is 7.65. The Morgan fingerprint density at radius 2 is 1.70 bits per heavy atom. The molecule has 0 atom stereocenters. The number of aliphatic carboxylic acids is 1. The number of hydrogen-bond acceptors (Lipinski definition) is 4. The van der Waals surface area contributed by atoms with Crippen LogP contribution in [0.1, 0.15) is 33.6 Å². The summed E-state index contributed by atoms with van der Waals surface area (Å²) in [7, 11) is 0. The SMILES string of the molecule is CCC(CC)=C(C)C(=O)O.Nc1ccc([N+](=O)[O-])cc1. The molecule has 0 unspecified atom stereocenters. The smallest absolute Gasteiger partial charge is 0.331 e. The van der Waals surface area contributed by atoms with Gasteiger partial charge in [-0.25, -0.2) is 4.79 Å². The maximum Gasteiger partial charge on any atom is 0.331 e. The number of anilines is 1. The van der Waals surface area contributed by atoms with Crippen molar-refractivity contribution >= 4 is 17.3 Å². The highest BCUT2D eigenvalue weighted by Gasteiger charge is 2.04. The van der Waals surface area contributed by atoms with Crippen molar-refractivity contribution in [2.75, 3.05) is 5.73 Å². The highest BCUT2D eigenvalue weighted by Crippen LogP contribution is 2.12. The predicted octanol–water partition coefficient (Wildman–Crippen LogP) is 3.38. The summed E-state index contributed by atoms with van der Waals surface area (Å²) in [6, 6.07) is 5.74. The summed E-state index contributed by atoms with van der Waals surface area (Å²) < 4.78 is 0. The Morgan fingerprint density at radius 3 is 1.95 bits per heavy atom. The van der Waals surface area contributed by atoms with Crippen LogP contribution in [0.25, 0.3) is 0 Å². The highest BCUT2D eigenvalue weighted by atomic mass is 16.6. The van der Waals surface area contributed by atoms with Gasteiger partial charge in [-0.3, -0.25) is 10.1 Å². The van der Waals surface area contributed by atoms with Crippen LogP contribution in [-0.2, 0) is 4.79 Å². The zero-order valence-electron chi connectivity index (χ0n) is 11.9. The minimum absolute atomic E-state index is 0.0641. The first-order valence-electron chi connectivity index (χ1n) is 6.25. The molecule has 0 aliphatic heterocycles. The van der Waals surface area contributed by atoms with Crippen molar-refractivity contribution in [2.24, 2.45) is 0 Å². The first kappa shape index (κ1) is 17.6. The van der Waals surface area contributed by atoms with Crippen molar-refractivity contribution in [1.29, 1.82) is 0 Å². The van der Waals surface area contributed by atoms with Crippen molar-refractivity contribution in [1.82, 2.24) is 0 Å². The number of benzene rings is 1. The van der Waals surface area contributed by atoms with E-state index in [9.17, 15) is 14.9 Å². The molecule has 1 rings (SSSR count). The number of carboxylic acid groups (broad SMARTS) is 1. The van der Waals surface area contributed by atoms with Crippen LogP contribution in [0.4, 0.5) is 11.4 Å². The Morgan fingerprint density at radius 1 is 1.25 bits per heavy atom. The molecule has 0 aromatic heterocycles. The van der Waals surface area contributed by atoms with Gasteiger partial charge in [0.05, 0.1) is 4.92 Å². The molecule has 0 aliphatic carbocycles. The summed E-state index contributed by atoms with van der Waals surface area (Å²) in [6.45, 7) is 5.61. The van der Waals surface area contributed by atoms with Crippen LogP contribution in [-0.4, -0.2) is 16.0 Å². The molecule has 0 saturated heterocycles. The molecular weight excluding hydrogens is 260 g/mol. The van der Waals surface area contributed by atoms with Crippen molar-refractivity contribution in [3.8, 4) is 0 Å². The van der Waals surface area contributed by atoms with Gasteiger partial charge in [-0.05, 0) is 31.9 Å². The molecule has 0 saturated carbocycles. The number of carboxylic acids is 1. The minimum atomic E-state index is -0.793. The lowest BCUT2D eigenvalue weighted by atomic mass is 10.1. The van der Waals surface area contributed by atoms with Gasteiger partial charge in [0, 0.05) is 23.4 Å². The zero-order chi connectivity index (χ0) is 15.7. The molecule has 1 aromatic rings. The van der Waals surface area contributed by atoms with Crippen LogP contribution >= 0.6 is 0 Å². The van der Waals surface area contributed by atoms with E-state index < -0.39 is 10.9 Å². The van der Waals surface area contributed by atoms with Gasteiger partial charge in [0.15, 0.2) is 0 Å². The average molecular weight is 280 g/mol. The second-order valence-corrected chi connectivity index (χ2v) is 4.09. The number of nitro groups is 1. The molecule has 3 N–H and O–H groups in total. The van der Waals surface area contributed by atoms with Gasteiger partial charge in [-0.15, -0.1) is 0 Å². The van der Waals surface area contributed by atoms with Gasteiger partial charge in [0.2, 0.25) is 0 Å². The third-order valence-electron chi connectivity index (χ3n) is 2.81. The van der Waals surface area contributed by atoms with E-state index in [4.69, 9.17) is 10.8 Å². The zero-order valence-corrected chi connectivity index (χ0v) is 11.9. The molecule has 110 valence electrons. The first-order chi connectivity index (χ1) is 9.33. The van der Waals surface area contributed by atoms with Gasteiger partial charge >= 0.3 is 5.97 Å². The maximum atomic E-state index is 10.4. The Labute approximate surface area is 118 Å². The van der Waals surface area contributed by atoms with Gasteiger partial charge in [-0.1, -0.05) is 19.4 Å². The molecule has 0 amide bonds. The van der Waals surface area contributed by atoms with Crippen LogP contribution in [0.15, 0.2) is 35.4 Å². The van der Waals surface area contributed by atoms with Crippen molar-refractivity contribution in [3.05, 3.63) is 45.5 Å². The summed E-state index contributed by atoms with van der Waals surface area (Å²) >= 11 is 0. The second kappa shape index (κ2) is 8.68. The number of nitrogens with two attached hydrogens (primary N) is 1. The number of nitro benzene ring substituents is 1. The van der Waals surface area contributed by atoms with Crippen molar-refractivity contribution < 1.29 is 14.8 Å². The van der Waals surface area contributed by atoms with Crippen LogP contribution < -0.4 is 5.73 Å². The molecule has 0 fully saturated rings. The van der Waals surface area contributed by atoms with E-state index in [1.54, 1.807) is 6.92 Å². The van der Waals surface area contributed by atoms with Gasteiger partial charge in [0.25, 0.3) is 5.69 Å². The largest absolute Gasteiger partial charge is 0.478 e. The molecule has 6 heteroatoms. The van der Waals surface area contributed by atoms with Crippen LogP contribution in [0, 0.1) is 10.1 Å². The maximum absolute atomic E-state index is 10.4. The molecule has 0 radical (unpaired) electrons. The Balaban J connectivity index is 0.000000361. The lowest BCUT2D eigenvalue weighted by Gasteiger charge is -2.02. The fourth-order valence-electron chi connectivity index (χ4n) is 1.53. The quantitative estimate of drug-likeness (QED) is 0.380. The summed E-state index contributed by atoms with van der Waals surface area (Å²) in [5.41, 5.74) is 7.44. The van der Waals surface area contributed by atoms with Crippen molar-refractivity contribution in [2.45, 2.75) is 33.6 Å². The highest BCUT2D eigenvalue weighted by molar-refractivity contribution is 5.86. The number of carbonyl (C=O) groups is 1. The summed E-state index contributed by atoms with van der Waals surface area (Å²) in [5.74, 6) is -0.793. The number of nitrogen functional groups attached to an aromatic ring is 1. The van der Waals surface area contributed by atoms with E-state index in [1.165, 1.54) is 24.3 Å². The summed E-state index contributed by atoms with van der Waals surface area (Å²) in [6.07, 6.45) is 1.68. The Bertz CT molecular complexity index is 486. The van der Waals surface area contributed by atoms with E-state index in [1.807, 2.05) is 13.8 Å². The number of nitrogens with zero attached hydrogens (tertiary/aromatic N) is 1. The second-order valence-electron chi connectivity index (χ2n) is 4.09. The number of rotatable bonds is 4. The summed E-state index contributed by atoms with van der Waals surface area (Å²) in [5, 5.41) is 18.6. The Hall–Kier alpha value is -2.37. The third-order valence-corrected chi connectivity index (χ3v) is 2.81. The van der Waals surface area contributed by atoms with Gasteiger partial charge < -0.3 is 10.8 Å². The topological polar surface area (TPSA) is 106 Å². The molecule has 0 spiro atoms. The number of hydrogen-bond donors (Lipinski definition) is 2. The van der Waals surface area contributed by atoms with E-state index in [-0.39, 0.29) is 5.69 Å². The lowest BCUT2D eigenvalue weighted by molar-refractivity contribution is -0.384. The summed E-state index contributed by atoms with van der Waals surface area (Å²) in [4.78, 5) is 20.0. The predicted molar refractivity (Wildman–Crippen MR) is 78.4 cm³/mol.